The molecule has 1 aliphatic rings. The quantitative estimate of drug-likeness (QED) is 0.189. The molecule has 5 nitrogen and oxygen atoms in total. The molecule has 0 aromatic heterocycles. The monoisotopic (exact) mass is 542 g/mol. The van der Waals surface area contributed by atoms with Crippen molar-refractivity contribution in [3.05, 3.63) is 144 Å². The van der Waals surface area contributed by atoms with Gasteiger partial charge in [0.2, 0.25) is 6.36 Å². The Kier molecular flexibility index (Phi) is 10.4. The highest BCUT2D eigenvalue weighted by Gasteiger charge is 2.48. The van der Waals surface area contributed by atoms with Crippen molar-refractivity contribution in [2.24, 2.45) is 0 Å². The molecule has 0 bridgehead atoms. The van der Waals surface area contributed by atoms with E-state index in [4.69, 9.17) is 23.7 Å². The fraction of sp³-hybridized carbons (Fsp3) is 0.294. The Bertz CT molecular complexity index is 1240. The zero-order valence-corrected chi connectivity index (χ0v) is 22.4. The summed E-state index contributed by atoms with van der Waals surface area (Å²) in [4.78, 5) is 0. The van der Waals surface area contributed by atoms with Crippen LogP contribution in [0.4, 0.5) is 4.39 Å². The van der Waals surface area contributed by atoms with Gasteiger partial charge in [-0.2, -0.15) is 0 Å². The van der Waals surface area contributed by atoms with Crippen molar-refractivity contribution in [2.75, 3.05) is 6.61 Å². The number of halogens is 1. The Morgan fingerprint density at radius 2 is 0.850 bits per heavy atom. The van der Waals surface area contributed by atoms with E-state index in [0.717, 1.165) is 22.3 Å². The molecule has 0 radical (unpaired) electrons. The Balaban J connectivity index is 1.36. The van der Waals surface area contributed by atoms with Crippen LogP contribution in [-0.4, -0.2) is 37.4 Å². The second-order valence-electron chi connectivity index (χ2n) is 9.81. The lowest BCUT2D eigenvalue weighted by Gasteiger charge is -2.43. The molecule has 0 spiro atoms. The fourth-order valence-electron chi connectivity index (χ4n) is 4.73. The van der Waals surface area contributed by atoms with Crippen LogP contribution >= 0.6 is 0 Å². The van der Waals surface area contributed by atoms with Crippen LogP contribution < -0.4 is 0 Å². The standard InChI is InChI=1S/C34H35FO5/c35-34-33(39-24-29-19-11-4-12-20-29)32(38-23-28-17-9-3-10-18-28)31(37-22-27-15-7-2-8-16-27)30(40-34)25-36-21-26-13-5-1-6-14-26/h1-20,30-34H,21-25H2/t30-,31-,32-,33-,34+/m1/s1. The third-order valence-electron chi connectivity index (χ3n) is 6.83. The summed E-state index contributed by atoms with van der Waals surface area (Å²) in [6.07, 6.45) is -4.77. The fourth-order valence-corrected chi connectivity index (χ4v) is 4.73. The van der Waals surface area contributed by atoms with Crippen LogP contribution in [0.15, 0.2) is 121 Å². The summed E-state index contributed by atoms with van der Waals surface area (Å²) >= 11 is 0. The van der Waals surface area contributed by atoms with Crippen molar-refractivity contribution in [3.63, 3.8) is 0 Å². The molecule has 0 saturated carbocycles. The van der Waals surface area contributed by atoms with Gasteiger partial charge in [0.25, 0.3) is 0 Å². The van der Waals surface area contributed by atoms with Gasteiger partial charge in [0, 0.05) is 0 Å². The van der Waals surface area contributed by atoms with E-state index < -0.39 is 30.8 Å². The van der Waals surface area contributed by atoms with Gasteiger partial charge in [-0.15, -0.1) is 0 Å². The van der Waals surface area contributed by atoms with Gasteiger partial charge in [-0.1, -0.05) is 121 Å². The Morgan fingerprint density at radius 3 is 1.30 bits per heavy atom. The summed E-state index contributed by atoms with van der Waals surface area (Å²) in [7, 11) is 0. The summed E-state index contributed by atoms with van der Waals surface area (Å²) < 4.78 is 46.6. The lowest BCUT2D eigenvalue weighted by molar-refractivity contribution is -0.298. The molecule has 208 valence electrons. The molecule has 40 heavy (non-hydrogen) atoms. The first-order chi connectivity index (χ1) is 19.8. The van der Waals surface area contributed by atoms with E-state index in [0.29, 0.717) is 13.2 Å². The summed E-state index contributed by atoms with van der Waals surface area (Å²) in [6, 6.07) is 39.2. The van der Waals surface area contributed by atoms with Crippen LogP contribution in [0.5, 0.6) is 0 Å². The first kappa shape index (κ1) is 28.1. The van der Waals surface area contributed by atoms with Crippen molar-refractivity contribution < 1.29 is 28.1 Å². The molecular weight excluding hydrogens is 507 g/mol. The number of hydrogen-bond donors (Lipinski definition) is 0. The molecule has 1 heterocycles. The molecule has 1 saturated heterocycles. The Morgan fingerprint density at radius 1 is 0.475 bits per heavy atom. The van der Waals surface area contributed by atoms with Crippen LogP contribution in [0, 0.1) is 0 Å². The highest BCUT2D eigenvalue weighted by atomic mass is 19.1. The molecule has 1 fully saturated rings. The van der Waals surface area contributed by atoms with Gasteiger partial charge in [0.15, 0.2) is 0 Å². The van der Waals surface area contributed by atoms with Crippen molar-refractivity contribution in [3.8, 4) is 0 Å². The highest BCUT2D eigenvalue weighted by molar-refractivity contribution is 5.16. The molecular formula is C34H35FO5. The zero-order valence-electron chi connectivity index (χ0n) is 22.4. The number of rotatable bonds is 13. The number of ether oxygens (including phenoxy) is 5. The van der Waals surface area contributed by atoms with Crippen LogP contribution in [0.3, 0.4) is 0 Å². The summed E-state index contributed by atoms with van der Waals surface area (Å²) in [5.74, 6) is 0. The minimum atomic E-state index is -1.72. The molecule has 0 N–H and O–H groups in total. The highest BCUT2D eigenvalue weighted by Crippen LogP contribution is 2.31. The van der Waals surface area contributed by atoms with Gasteiger partial charge >= 0.3 is 0 Å². The molecule has 5 rings (SSSR count). The van der Waals surface area contributed by atoms with Crippen molar-refractivity contribution in [1.29, 1.82) is 0 Å². The molecule has 4 aromatic carbocycles. The van der Waals surface area contributed by atoms with E-state index in [-0.39, 0.29) is 19.8 Å². The topological polar surface area (TPSA) is 46.2 Å². The van der Waals surface area contributed by atoms with Crippen LogP contribution in [0.1, 0.15) is 22.3 Å². The Labute approximate surface area is 235 Å². The van der Waals surface area contributed by atoms with E-state index in [2.05, 4.69) is 0 Å². The average Bonchev–Trinajstić information content (AvgIpc) is 3.01. The van der Waals surface area contributed by atoms with Crippen molar-refractivity contribution in [2.45, 2.75) is 57.2 Å². The van der Waals surface area contributed by atoms with Gasteiger partial charge in [-0.3, -0.25) is 0 Å². The maximum atomic E-state index is 15.7. The molecule has 5 atom stereocenters. The van der Waals surface area contributed by atoms with Crippen LogP contribution in [0.2, 0.25) is 0 Å². The van der Waals surface area contributed by atoms with Crippen LogP contribution in [-0.2, 0) is 50.1 Å². The Hall–Kier alpha value is -3.39. The molecule has 6 heteroatoms. The first-order valence-electron chi connectivity index (χ1n) is 13.6. The predicted octanol–water partition coefficient (Wildman–Crippen LogP) is 6.65. The molecule has 1 aliphatic heterocycles. The molecule has 0 aliphatic carbocycles. The van der Waals surface area contributed by atoms with E-state index >= 15 is 4.39 Å². The van der Waals surface area contributed by atoms with Gasteiger partial charge in [0.1, 0.15) is 24.4 Å². The number of hydrogen-bond acceptors (Lipinski definition) is 5. The smallest absolute Gasteiger partial charge is 0.228 e. The summed E-state index contributed by atoms with van der Waals surface area (Å²) in [5, 5.41) is 0. The second-order valence-corrected chi connectivity index (χ2v) is 9.81. The third kappa shape index (κ3) is 8.07. The second kappa shape index (κ2) is 14.8. The minimum Gasteiger partial charge on any atom is -0.374 e. The maximum Gasteiger partial charge on any atom is 0.228 e. The lowest BCUT2D eigenvalue weighted by Crippen LogP contribution is -2.60. The number of benzene rings is 4. The molecule has 0 unspecified atom stereocenters. The summed E-state index contributed by atoms with van der Waals surface area (Å²) in [5.41, 5.74) is 3.94. The average molecular weight is 543 g/mol. The third-order valence-corrected chi connectivity index (χ3v) is 6.83. The van der Waals surface area contributed by atoms with Crippen molar-refractivity contribution >= 4 is 0 Å². The number of alkyl halides is 1. The molecule has 0 amide bonds. The maximum absolute atomic E-state index is 15.7. The largest absolute Gasteiger partial charge is 0.374 e. The van der Waals surface area contributed by atoms with E-state index in [1.165, 1.54) is 0 Å². The predicted molar refractivity (Wildman–Crippen MR) is 151 cm³/mol. The zero-order chi connectivity index (χ0) is 27.4. The lowest BCUT2D eigenvalue weighted by atomic mass is 9.98. The summed E-state index contributed by atoms with van der Waals surface area (Å²) in [6.45, 7) is 1.35. The van der Waals surface area contributed by atoms with E-state index in [1.807, 2.05) is 121 Å². The van der Waals surface area contributed by atoms with E-state index in [9.17, 15) is 0 Å². The van der Waals surface area contributed by atoms with Gasteiger partial charge in [-0.05, 0) is 22.3 Å². The van der Waals surface area contributed by atoms with Gasteiger partial charge in [-0.25, -0.2) is 4.39 Å². The van der Waals surface area contributed by atoms with Gasteiger partial charge < -0.3 is 23.7 Å². The SMILES string of the molecule is F[C@H]1O[C@H](COCc2ccccc2)[C@@H](OCc2ccccc2)[C@@H](OCc2ccccc2)[C@H]1OCc1ccccc1. The first-order valence-corrected chi connectivity index (χ1v) is 13.6. The van der Waals surface area contributed by atoms with E-state index in [1.54, 1.807) is 0 Å². The normalized spacial score (nSPS) is 22.7. The van der Waals surface area contributed by atoms with Crippen LogP contribution in [0.25, 0.3) is 0 Å². The van der Waals surface area contributed by atoms with Gasteiger partial charge in [0.05, 0.1) is 33.0 Å². The molecule has 4 aromatic rings. The van der Waals surface area contributed by atoms with Crippen molar-refractivity contribution in [1.82, 2.24) is 0 Å². The minimum absolute atomic E-state index is 0.144.